The molecule has 31 heavy (non-hydrogen) atoms. The van der Waals surface area contributed by atoms with Gasteiger partial charge in [-0.3, -0.25) is 4.79 Å². The summed E-state index contributed by atoms with van der Waals surface area (Å²) in [5.41, 5.74) is 6.61. The molecule has 156 valence electrons. The van der Waals surface area contributed by atoms with Crippen LogP contribution in [0.15, 0.2) is 66.7 Å². The number of rotatable bonds is 4. The Kier molecular flexibility index (Phi) is 5.03. The molecule has 3 aromatic carbocycles. The molecule has 0 radical (unpaired) electrons. The van der Waals surface area contributed by atoms with Gasteiger partial charge in [-0.25, -0.2) is 4.98 Å². The van der Waals surface area contributed by atoms with Crippen LogP contribution in [0.4, 0.5) is 5.69 Å². The minimum absolute atomic E-state index is 0.0151. The van der Waals surface area contributed by atoms with Crippen molar-refractivity contribution in [1.82, 2.24) is 9.55 Å². The zero-order chi connectivity index (χ0) is 21.5. The van der Waals surface area contributed by atoms with E-state index in [9.17, 15) is 4.79 Å². The maximum Gasteiger partial charge on any atom is 0.227 e. The second-order valence-electron chi connectivity index (χ2n) is 8.33. The summed E-state index contributed by atoms with van der Waals surface area (Å²) >= 11 is 6.38. The Morgan fingerprint density at radius 2 is 1.81 bits per heavy atom. The predicted molar refractivity (Wildman–Crippen MR) is 126 cm³/mol. The van der Waals surface area contributed by atoms with E-state index in [1.165, 1.54) is 16.7 Å². The maximum absolute atomic E-state index is 12.9. The number of halogens is 1. The Balaban J connectivity index is 1.56. The van der Waals surface area contributed by atoms with Gasteiger partial charge in [0, 0.05) is 25.4 Å². The molecule has 0 bridgehead atoms. The molecule has 1 fully saturated rings. The number of aryl methyl sites for hydroxylation is 2. The highest BCUT2D eigenvalue weighted by atomic mass is 35.5. The van der Waals surface area contributed by atoms with Crippen LogP contribution < -0.4 is 4.90 Å². The normalized spacial score (nSPS) is 16.4. The molecule has 5 rings (SSSR count). The third kappa shape index (κ3) is 3.61. The van der Waals surface area contributed by atoms with Gasteiger partial charge in [0.05, 0.1) is 21.7 Å². The molecule has 4 aromatic rings. The molecular formula is C26H24ClN3O. The van der Waals surface area contributed by atoms with Gasteiger partial charge in [0.15, 0.2) is 0 Å². The number of imidazole rings is 1. The Morgan fingerprint density at radius 3 is 2.65 bits per heavy atom. The summed E-state index contributed by atoms with van der Waals surface area (Å²) in [6.07, 6.45) is 0.432. The maximum atomic E-state index is 12.9. The molecule has 0 saturated carbocycles. The van der Waals surface area contributed by atoms with Crippen LogP contribution in [-0.4, -0.2) is 22.0 Å². The zero-order valence-corrected chi connectivity index (χ0v) is 18.4. The third-order valence-corrected chi connectivity index (χ3v) is 6.47. The highest BCUT2D eigenvalue weighted by Gasteiger charge is 2.35. The lowest BCUT2D eigenvalue weighted by Gasteiger charge is -2.19. The van der Waals surface area contributed by atoms with Crippen molar-refractivity contribution in [3.05, 3.63) is 94.3 Å². The van der Waals surface area contributed by atoms with Crippen LogP contribution in [0.5, 0.6) is 0 Å². The molecule has 2 heterocycles. The van der Waals surface area contributed by atoms with Crippen molar-refractivity contribution in [3.8, 4) is 0 Å². The molecule has 0 spiro atoms. The van der Waals surface area contributed by atoms with Crippen LogP contribution in [0, 0.1) is 13.8 Å². The van der Waals surface area contributed by atoms with Crippen LogP contribution in [0.25, 0.3) is 11.0 Å². The van der Waals surface area contributed by atoms with Crippen LogP contribution in [-0.2, 0) is 11.3 Å². The smallest absolute Gasteiger partial charge is 0.227 e. The summed E-state index contributed by atoms with van der Waals surface area (Å²) in [7, 11) is 0. The summed E-state index contributed by atoms with van der Waals surface area (Å²) in [6, 6.07) is 22.3. The minimum atomic E-state index is 0.0151. The van der Waals surface area contributed by atoms with E-state index in [0.717, 1.165) is 29.1 Å². The first kappa shape index (κ1) is 19.8. The lowest BCUT2D eigenvalue weighted by molar-refractivity contribution is -0.117. The number of para-hydroxylation sites is 3. The standard InChI is InChI=1S/C26H24ClN3O/c1-17-11-12-18(2)19(13-17)15-30-24-10-6-4-8-22(24)28-26(30)20-14-25(31)29(16-20)23-9-5-3-7-21(23)27/h3-13,20H,14-16H2,1-2H3. The molecule has 5 heteroatoms. The predicted octanol–water partition coefficient (Wildman–Crippen LogP) is 5.88. The van der Waals surface area contributed by atoms with E-state index >= 15 is 0 Å². The van der Waals surface area contributed by atoms with Crippen molar-refractivity contribution in [2.75, 3.05) is 11.4 Å². The lowest BCUT2D eigenvalue weighted by atomic mass is 10.0. The molecule has 1 aliphatic heterocycles. The van der Waals surface area contributed by atoms with Gasteiger partial charge in [-0.05, 0) is 49.2 Å². The fourth-order valence-electron chi connectivity index (χ4n) is 4.50. The molecule has 1 aliphatic rings. The van der Waals surface area contributed by atoms with E-state index in [2.05, 4.69) is 42.7 Å². The molecule has 4 nitrogen and oxygen atoms in total. The summed E-state index contributed by atoms with van der Waals surface area (Å²) < 4.78 is 2.28. The van der Waals surface area contributed by atoms with Gasteiger partial charge in [0.1, 0.15) is 5.82 Å². The Morgan fingerprint density at radius 1 is 1.03 bits per heavy atom. The number of hydrogen-bond donors (Lipinski definition) is 0. The van der Waals surface area contributed by atoms with Crippen molar-refractivity contribution in [1.29, 1.82) is 0 Å². The topological polar surface area (TPSA) is 38.1 Å². The van der Waals surface area contributed by atoms with Gasteiger partial charge in [0.2, 0.25) is 5.91 Å². The third-order valence-electron chi connectivity index (χ3n) is 6.15. The van der Waals surface area contributed by atoms with Gasteiger partial charge in [-0.2, -0.15) is 0 Å². The van der Waals surface area contributed by atoms with Gasteiger partial charge in [0.25, 0.3) is 0 Å². The van der Waals surface area contributed by atoms with E-state index in [1.54, 1.807) is 4.90 Å². The average Bonchev–Trinajstić information content (AvgIpc) is 3.32. The number of carbonyl (C=O) groups is 1. The van der Waals surface area contributed by atoms with E-state index in [0.29, 0.717) is 18.0 Å². The van der Waals surface area contributed by atoms with Crippen LogP contribution in [0.3, 0.4) is 0 Å². The van der Waals surface area contributed by atoms with E-state index in [1.807, 2.05) is 42.5 Å². The minimum Gasteiger partial charge on any atom is -0.323 e. The first-order valence-corrected chi connectivity index (χ1v) is 11.0. The number of aromatic nitrogens is 2. The lowest BCUT2D eigenvalue weighted by Crippen LogP contribution is -2.24. The van der Waals surface area contributed by atoms with Gasteiger partial charge < -0.3 is 9.47 Å². The second kappa shape index (κ2) is 7.86. The van der Waals surface area contributed by atoms with Crippen LogP contribution in [0.1, 0.15) is 34.9 Å². The van der Waals surface area contributed by atoms with Crippen LogP contribution >= 0.6 is 11.6 Å². The average molecular weight is 430 g/mol. The van der Waals surface area contributed by atoms with Gasteiger partial charge >= 0.3 is 0 Å². The molecular weight excluding hydrogens is 406 g/mol. The quantitative estimate of drug-likeness (QED) is 0.406. The number of amides is 1. The Hall–Kier alpha value is -3.11. The molecule has 1 unspecified atom stereocenters. The number of anilines is 1. The number of hydrogen-bond acceptors (Lipinski definition) is 2. The largest absolute Gasteiger partial charge is 0.323 e. The first-order valence-electron chi connectivity index (χ1n) is 10.6. The van der Waals surface area contributed by atoms with Crippen LogP contribution in [0.2, 0.25) is 5.02 Å². The summed E-state index contributed by atoms with van der Waals surface area (Å²) in [6.45, 7) is 5.58. The Labute approximate surface area is 187 Å². The second-order valence-corrected chi connectivity index (χ2v) is 8.74. The fraction of sp³-hybridized carbons (Fsp3) is 0.231. The van der Waals surface area contributed by atoms with E-state index in [-0.39, 0.29) is 11.8 Å². The SMILES string of the molecule is Cc1ccc(C)c(Cn2c(C3CC(=O)N(c4ccccc4Cl)C3)nc3ccccc32)c1. The van der Waals surface area contributed by atoms with Crippen molar-refractivity contribution in [2.24, 2.45) is 0 Å². The van der Waals surface area contributed by atoms with Crippen molar-refractivity contribution >= 4 is 34.2 Å². The number of fused-ring (bicyclic) bond motifs is 1. The fourth-order valence-corrected chi connectivity index (χ4v) is 4.73. The molecule has 1 atom stereocenters. The van der Waals surface area contributed by atoms with Crippen molar-refractivity contribution in [3.63, 3.8) is 0 Å². The highest BCUT2D eigenvalue weighted by Crippen LogP contribution is 2.36. The highest BCUT2D eigenvalue weighted by molar-refractivity contribution is 6.33. The van der Waals surface area contributed by atoms with E-state index in [4.69, 9.17) is 16.6 Å². The number of benzene rings is 3. The monoisotopic (exact) mass is 429 g/mol. The molecule has 1 saturated heterocycles. The first-order chi connectivity index (χ1) is 15.0. The molecule has 1 amide bonds. The van der Waals surface area contributed by atoms with Gasteiger partial charge in [-0.1, -0.05) is 59.6 Å². The summed E-state index contributed by atoms with van der Waals surface area (Å²) in [5, 5.41) is 0.598. The molecule has 0 aliphatic carbocycles. The zero-order valence-electron chi connectivity index (χ0n) is 17.7. The van der Waals surface area contributed by atoms with Crippen molar-refractivity contribution in [2.45, 2.75) is 32.7 Å². The van der Waals surface area contributed by atoms with Gasteiger partial charge in [-0.15, -0.1) is 0 Å². The summed E-state index contributed by atoms with van der Waals surface area (Å²) in [4.78, 5) is 19.7. The Bertz CT molecular complexity index is 1290. The number of carbonyl (C=O) groups excluding carboxylic acids is 1. The molecule has 1 aromatic heterocycles. The van der Waals surface area contributed by atoms with E-state index < -0.39 is 0 Å². The van der Waals surface area contributed by atoms with Crippen molar-refractivity contribution < 1.29 is 4.79 Å². The summed E-state index contributed by atoms with van der Waals surface area (Å²) in [5.74, 6) is 1.06. The number of nitrogens with zero attached hydrogens (tertiary/aromatic N) is 3. The molecule has 0 N–H and O–H groups in total.